The van der Waals surface area contributed by atoms with Crippen molar-refractivity contribution in [2.75, 3.05) is 33.4 Å². The van der Waals surface area contributed by atoms with Gasteiger partial charge in [-0.25, -0.2) is 4.98 Å². The van der Waals surface area contributed by atoms with Crippen molar-refractivity contribution in [3.8, 4) is 0 Å². The standard InChI is InChI=1S/C20H24N4O4/c1-28-9-8-23-15-7-6-14(20(23)27)11-22(12-15)19(26)13-24-17-5-3-2-4-16(17)21-10-18(24)25/h2-5,10,14-15H,6-9,11-13H2,1H3. The lowest BCUT2D eigenvalue weighted by atomic mass is 9.94. The van der Waals surface area contributed by atoms with Crippen molar-refractivity contribution in [1.82, 2.24) is 19.4 Å². The molecule has 2 unspecified atom stereocenters. The van der Waals surface area contributed by atoms with Gasteiger partial charge in [-0.05, 0) is 25.0 Å². The van der Waals surface area contributed by atoms with E-state index in [1.54, 1.807) is 18.1 Å². The fraction of sp³-hybridized carbons (Fsp3) is 0.500. The van der Waals surface area contributed by atoms with Gasteiger partial charge < -0.3 is 14.5 Å². The summed E-state index contributed by atoms with van der Waals surface area (Å²) >= 11 is 0. The van der Waals surface area contributed by atoms with Crippen molar-refractivity contribution in [3.05, 3.63) is 40.8 Å². The van der Waals surface area contributed by atoms with Gasteiger partial charge in [-0.2, -0.15) is 0 Å². The summed E-state index contributed by atoms with van der Waals surface area (Å²) in [7, 11) is 1.62. The summed E-state index contributed by atoms with van der Waals surface area (Å²) in [6.07, 6.45) is 2.94. The molecule has 28 heavy (non-hydrogen) atoms. The number of methoxy groups -OCH3 is 1. The normalized spacial score (nSPS) is 22.0. The van der Waals surface area contributed by atoms with E-state index in [1.165, 1.54) is 10.8 Å². The van der Waals surface area contributed by atoms with E-state index in [0.29, 0.717) is 37.3 Å². The molecule has 0 saturated carbocycles. The molecule has 2 amide bonds. The van der Waals surface area contributed by atoms with Crippen LogP contribution in [-0.4, -0.2) is 70.6 Å². The third kappa shape index (κ3) is 3.40. The quantitative estimate of drug-likeness (QED) is 0.749. The van der Waals surface area contributed by atoms with Gasteiger partial charge in [0, 0.05) is 32.8 Å². The number of aromatic nitrogens is 2. The molecule has 148 valence electrons. The largest absolute Gasteiger partial charge is 0.383 e. The maximum atomic E-state index is 13.1. The Labute approximate surface area is 162 Å². The van der Waals surface area contributed by atoms with Gasteiger partial charge >= 0.3 is 0 Å². The molecule has 0 aliphatic carbocycles. The van der Waals surface area contributed by atoms with E-state index in [9.17, 15) is 14.4 Å². The van der Waals surface area contributed by atoms with Gasteiger partial charge in [-0.15, -0.1) is 0 Å². The molecule has 3 fully saturated rings. The molecule has 2 atom stereocenters. The first-order valence-electron chi connectivity index (χ1n) is 9.60. The first kappa shape index (κ1) is 18.6. The van der Waals surface area contributed by atoms with E-state index in [-0.39, 0.29) is 35.9 Å². The Morgan fingerprint density at radius 1 is 1.21 bits per heavy atom. The highest BCUT2D eigenvalue weighted by Gasteiger charge is 2.41. The van der Waals surface area contributed by atoms with Crippen molar-refractivity contribution >= 4 is 22.8 Å². The molecular weight excluding hydrogens is 360 g/mol. The second kappa shape index (κ2) is 7.71. The lowest BCUT2D eigenvalue weighted by molar-refractivity contribution is -0.140. The van der Waals surface area contributed by atoms with Gasteiger partial charge in [-0.1, -0.05) is 12.1 Å². The molecule has 5 rings (SSSR count). The fourth-order valence-electron chi connectivity index (χ4n) is 4.24. The third-order valence-electron chi connectivity index (χ3n) is 5.73. The second-order valence-electron chi connectivity index (χ2n) is 7.42. The van der Waals surface area contributed by atoms with Gasteiger partial charge in [-0.3, -0.25) is 19.0 Å². The highest BCUT2D eigenvalue weighted by atomic mass is 16.5. The van der Waals surface area contributed by atoms with E-state index in [0.717, 1.165) is 12.8 Å². The van der Waals surface area contributed by atoms with Crippen LogP contribution >= 0.6 is 0 Å². The Kier molecular flexibility index (Phi) is 5.13. The summed E-state index contributed by atoms with van der Waals surface area (Å²) in [6, 6.07) is 7.28. The summed E-state index contributed by atoms with van der Waals surface area (Å²) in [5.41, 5.74) is 1.01. The number of carbonyl (C=O) groups is 2. The minimum absolute atomic E-state index is 0.0104. The summed E-state index contributed by atoms with van der Waals surface area (Å²) in [4.78, 5) is 45.9. The van der Waals surface area contributed by atoms with Crippen LogP contribution in [0.2, 0.25) is 0 Å². The number of benzene rings is 1. The molecule has 0 radical (unpaired) electrons. The predicted molar refractivity (Wildman–Crippen MR) is 103 cm³/mol. The van der Waals surface area contributed by atoms with E-state index in [1.807, 2.05) is 23.1 Å². The number of para-hydroxylation sites is 2. The van der Waals surface area contributed by atoms with Crippen LogP contribution in [0.3, 0.4) is 0 Å². The van der Waals surface area contributed by atoms with Crippen LogP contribution in [0.15, 0.2) is 35.3 Å². The number of amides is 2. The van der Waals surface area contributed by atoms with Gasteiger partial charge in [0.05, 0.1) is 29.8 Å². The minimum Gasteiger partial charge on any atom is -0.383 e. The fourth-order valence-corrected chi connectivity index (χ4v) is 4.24. The first-order valence-corrected chi connectivity index (χ1v) is 9.60. The SMILES string of the molecule is COCCN1C(=O)C2CCC1CN(C(=O)Cn1c(=O)cnc3ccccc31)C2. The smallest absolute Gasteiger partial charge is 0.269 e. The predicted octanol–water partition coefficient (Wildman–Crippen LogP) is 0.492. The van der Waals surface area contributed by atoms with Crippen molar-refractivity contribution in [3.63, 3.8) is 0 Å². The third-order valence-corrected chi connectivity index (χ3v) is 5.73. The van der Waals surface area contributed by atoms with E-state index < -0.39 is 0 Å². The summed E-state index contributed by atoms with van der Waals surface area (Å²) < 4.78 is 6.59. The number of fused-ring (bicyclic) bond motifs is 5. The van der Waals surface area contributed by atoms with Crippen LogP contribution < -0.4 is 5.56 Å². The average Bonchev–Trinajstić information content (AvgIpc) is 3.00. The molecule has 8 heteroatoms. The van der Waals surface area contributed by atoms with Crippen LogP contribution in [-0.2, 0) is 20.9 Å². The number of carbonyl (C=O) groups excluding carboxylic acids is 2. The molecule has 2 aromatic rings. The Balaban J connectivity index is 1.56. The number of nitrogens with zero attached hydrogens (tertiary/aromatic N) is 4. The summed E-state index contributed by atoms with van der Waals surface area (Å²) in [5, 5.41) is 0. The molecule has 1 aromatic carbocycles. The maximum Gasteiger partial charge on any atom is 0.269 e. The number of ether oxygens (including phenoxy) is 1. The summed E-state index contributed by atoms with van der Waals surface area (Å²) in [5.74, 6) is -0.211. The van der Waals surface area contributed by atoms with E-state index in [4.69, 9.17) is 4.74 Å². The molecule has 2 bridgehead atoms. The van der Waals surface area contributed by atoms with Crippen molar-refractivity contribution in [2.45, 2.75) is 25.4 Å². The maximum absolute atomic E-state index is 13.1. The molecule has 3 aliphatic rings. The van der Waals surface area contributed by atoms with Crippen molar-refractivity contribution in [1.29, 1.82) is 0 Å². The van der Waals surface area contributed by atoms with Crippen molar-refractivity contribution < 1.29 is 14.3 Å². The van der Waals surface area contributed by atoms with Gasteiger partial charge in [0.2, 0.25) is 11.8 Å². The Bertz CT molecular complexity index is 957. The molecule has 0 spiro atoms. The first-order chi connectivity index (χ1) is 13.6. The number of hydrogen-bond donors (Lipinski definition) is 0. The van der Waals surface area contributed by atoms with Gasteiger partial charge in [0.15, 0.2) is 0 Å². The van der Waals surface area contributed by atoms with Crippen LogP contribution in [0.1, 0.15) is 12.8 Å². The zero-order chi connectivity index (χ0) is 19.7. The second-order valence-corrected chi connectivity index (χ2v) is 7.42. The molecular formula is C20H24N4O4. The van der Waals surface area contributed by atoms with Crippen LogP contribution in [0, 0.1) is 5.92 Å². The minimum atomic E-state index is -0.303. The Morgan fingerprint density at radius 3 is 2.86 bits per heavy atom. The zero-order valence-corrected chi connectivity index (χ0v) is 15.9. The lowest BCUT2D eigenvalue weighted by Crippen LogP contribution is -2.49. The lowest BCUT2D eigenvalue weighted by Gasteiger charge is -2.35. The van der Waals surface area contributed by atoms with Crippen LogP contribution in [0.25, 0.3) is 11.0 Å². The highest BCUT2D eigenvalue weighted by molar-refractivity contribution is 5.84. The van der Waals surface area contributed by atoms with E-state index >= 15 is 0 Å². The molecule has 3 saturated heterocycles. The number of piperidine rings is 1. The molecule has 1 aromatic heterocycles. The van der Waals surface area contributed by atoms with Gasteiger partial charge in [0.25, 0.3) is 5.56 Å². The molecule has 8 nitrogen and oxygen atoms in total. The summed E-state index contributed by atoms with van der Waals surface area (Å²) in [6.45, 7) is 1.90. The van der Waals surface area contributed by atoms with E-state index in [2.05, 4.69) is 4.98 Å². The van der Waals surface area contributed by atoms with Crippen LogP contribution in [0.5, 0.6) is 0 Å². The van der Waals surface area contributed by atoms with Crippen molar-refractivity contribution in [2.24, 2.45) is 5.92 Å². The molecule has 0 N–H and O–H groups in total. The molecule has 3 aliphatic heterocycles. The average molecular weight is 384 g/mol. The monoisotopic (exact) mass is 384 g/mol. The van der Waals surface area contributed by atoms with Crippen LogP contribution in [0.4, 0.5) is 0 Å². The van der Waals surface area contributed by atoms with Gasteiger partial charge in [0.1, 0.15) is 6.54 Å². The Hall–Kier alpha value is -2.74. The number of hydrogen-bond acceptors (Lipinski definition) is 5. The number of rotatable bonds is 5. The zero-order valence-electron chi connectivity index (χ0n) is 15.9. The highest BCUT2D eigenvalue weighted by Crippen LogP contribution is 2.29. The molecule has 4 heterocycles. The topological polar surface area (TPSA) is 84.7 Å². The Morgan fingerprint density at radius 2 is 2.04 bits per heavy atom.